The molecule has 0 bridgehead atoms. The fraction of sp³-hybridized carbons (Fsp3) is 0.389. The van der Waals surface area contributed by atoms with Crippen LogP contribution in [0.15, 0.2) is 30.5 Å². The van der Waals surface area contributed by atoms with E-state index in [1.54, 1.807) is 0 Å². The van der Waals surface area contributed by atoms with Gasteiger partial charge in [0.05, 0.1) is 11.7 Å². The van der Waals surface area contributed by atoms with Crippen LogP contribution in [0, 0.1) is 27.7 Å². The largest absolute Gasteiger partial charge is 0.311 e. The van der Waals surface area contributed by atoms with Crippen LogP contribution < -0.4 is 5.32 Å². The van der Waals surface area contributed by atoms with E-state index in [2.05, 4.69) is 56.2 Å². The zero-order valence-corrected chi connectivity index (χ0v) is 13.1. The first kappa shape index (κ1) is 14.7. The molecule has 0 radical (unpaired) electrons. The van der Waals surface area contributed by atoms with Gasteiger partial charge in [-0.05, 0) is 75.5 Å². The van der Waals surface area contributed by atoms with Crippen molar-refractivity contribution in [2.24, 2.45) is 0 Å². The van der Waals surface area contributed by atoms with E-state index < -0.39 is 0 Å². The maximum Gasteiger partial charge on any atom is 0.0579 e. The van der Waals surface area contributed by atoms with Crippen LogP contribution in [-0.2, 0) is 6.42 Å². The molecule has 20 heavy (non-hydrogen) atoms. The lowest BCUT2D eigenvalue weighted by molar-refractivity contribution is 0.572. The molecule has 1 heterocycles. The fourth-order valence-corrected chi connectivity index (χ4v) is 2.84. The molecular formula is C18H24N2. The topological polar surface area (TPSA) is 24.9 Å². The minimum absolute atomic E-state index is 0.259. The molecular weight excluding hydrogens is 244 g/mol. The number of pyridine rings is 1. The summed E-state index contributed by atoms with van der Waals surface area (Å²) in [5.74, 6) is 0. The molecule has 0 aliphatic carbocycles. The number of aromatic nitrogens is 1. The molecule has 2 aromatic rings. The molecule has 0 fully saturated rings. The molecule has 1 unspecified atom stereocenters. The summed E-state index contributed by atoms with van der Waals surface area (Å²) in [7, 11) is 2.01. The van der Waals surface area contributed by atoms with Crippen LogP contribution in [0.5, 0.6) is 0 Å². The van der Waals surface area contributed by atoms with Crippen molar-refractivity contribution in [1.29, 1.82) is 0 Å². The number of nitrogens with zero attached hydrogens (tertiary/aromatic N) is 1. The minimum Gasteiger partial charge on any atom is -0.311 e. The number of hydrogen-bond donors (Lipinski definition) is 1. The molecule has 0 saturated carbocycles. The summed E-state index contributed by atoms with van der Waals surface area (Å²) in [6, 6.07) is 8.99. The third-order valence-corrected chi connectivity index (χ3v) is 3.89. The van der Waals surface area contributed by atoms with Crippen molar-refractivity contribution >= 4 is 0 Å². The van der Waals surface area contributed by atoms with E-state index in [-0.39, 0.29) is 6.04 Å². The number of rotatable bonds is 4. The van der Waals surface area contributed by atoms with E-state index >= 15 is 0 Å². The smallest absolute Gasteiger partial charge is 0.0579 e. The molecule has 2 nitrogen and oxygen atoms in total. The van der Waals surface area contributed by atoms with Gasteiger partial charge in [-0.1, -0.05) is 17.7 Å². The van der Waals surface area contributed by atoms with Crippen molar-refractivity contribution in [3.63, 3.8) is 0 Å². The highest BCUT2D eigenvalue weighted by molar-refractivity contribution is 5.38. The lowest BCUT2D eigenvalue weighted by Gasteiger charge is -2.19. The van der Waals surface area contributed by atoms with Gasteiger partial charge in [0, 0.05) is 6.20 Å². The van der Waals surface area contributed by atoms with Gasteiger partial charge in [0.1, 0.15) is 0 Å². The SMILES string of the molecule is CNC(Cc1c(C)cc(C)cc1C)c1cc(C)ccn1. The zero-order valence-electron chi connectivity index (χ0n) is 13.1. The Morgan fingerprint density at radius 3 is 2.20 bits per heavy atom. The highest BCUT2D eigenvalue weighted by atomic mass is 14.9. The van der Waals surface area contributed by atoms with Gasteiger partial charge >= 0.3 is 0 Å². The van der Waals surface area contributed by atoms with Crippen LogP contribution in [-0.4, -0.2) is 12.0 Å². The normalized spacial score (nSPS) is 12.4. The van der Waals surface area contributed by atoms with Gasteiger partial charge in [0.25, 0.3) is 0 Å². The van der Waals surface area contributed by atoms with Crippen LogP contribution >= 0.6 is 0 Å². The maximum absolute atomic E-state index is 4.52. The molecule has 1 aromatic carbocycles. The Morgan fingerprint density at radius 2 is 1.65 bits per heavy atom. The second kappa shape index (κ2) is 6.19. The predicted molar refractivity (Wildman–Crippen MR) is 85.1 cm³/mol. The number of hydrogen-bond acceptors (Lipinski definition) is 2. The molecule has 0 saturated heterocycles. The summed E-state index contributed by atoms with van der Waals surface area (Å²) in [5.41, 5.74) is 7.88. The molecule has 0 aliphatic heterocycles. The van der Waals surface area contributed by atoms with Gasteiger partial charge in [-0.2, -0.15) is 0 Å². The Hall–Kier alpha value is -1.67. The number of nitrogens with one attached hydrogen (secondary N) is 1. The van der Waals surface area contributed by atoms with Crippen LogP contribution in [0.3, 0.4) is 0 Å². The lowest BCUT2D eigenvalue weighted by atomic mass is 9.93. The Balaban J connectivity index is 2.32. The molecule has 1 atom stereocenters. The third kappa shape index (κ3) is 3.26. The van der Waals surface area contributed by atoms with Gasteiger partial charge in [-0.15, -0.1) is 0 Å². The summed E-state index contributed by atoms with van der Waals surface area (Å²) >= 11 is 0. The molecule has 2 rings (SSSR count). The van der Waals surface area contributed by atoms with E-state index in [1.165, 1.54) is 27.8 Å². The Labute approximate surface area is 122 Å². The van der Waals surface area contributed by atoms with Crippen LogP contribution in [0.4, 0.5) is 0 Å². The Kier molecular flexibility index (Phi) is 4.56. The second-order valence-corrected chi connectivity index (χ2v) is 5.68. The molecule has 0 amide bonds. The highest BCUT2D eigenvalue weighted by Gasteiger charge is 2.14. The van der Waals surface area contributed by atoms with E-state index in [4.69, 9.17) is 0 Å². The summed E-state index contributed by atoms with van der Waals surface area (Å²) in [6.45, 7) is 8.67. The van der Waals surface area contributed by atoms with Crippen molar-refractivity contribution in [2.75, 3.05) is 7.05 Å². The first-order valence-electron chi connectivity index (χ1n) is 7.18. The van der Waals surface area contributed by atoms with Gasteiger partial charge < -0.3 is 5.32 Å². The summed E-state index contributed by atoms with van der Waals surface area (Å²) in [4.78, 5) is 4.52. The van der Waals surface area contributed by atoms with Gasteiger partial charge in [0.15, 0.2) is 0 Å². The Bertz CT molecular complexity index is 579. The van der Waals surface area contributed by atoms with Crippen LogP contribution in [0.2, 0.25) is 0 Å². The van der Waals surface area contributed by atoms with Gasteiger partial charge in [0.2, 0.25) is 0 Å². The average Bonchev–Trinajstić information content (AvgIpc) is 2.38. The van der Waals surface area contributed by atoms with Crippen LogP contribution in [0.25, 0.3) is 0 Å². The molecule has 1 aromatic heterocycles. The molecule has 0 spiro atoms. The van der Waals surface area contributed by atoms with E-state index in [0.717, 1.165) is 12.1 Å². The van der Waals surface area contributed by atoms with Crippen molar-refractivity contribution < 1.29 is 0 Å². The standard InChI is InChI=1S/C18H24N2/c1-12-6-7-20-18(10-12)17(19-5)11-16-14(3)8-13(2)9-15(16)4/h6-10,17,19H,11H2,1-5H3. The van der Waals surface area contributed by atoms with Crippen molar-refractivity contribution in [2.45, 2.75) is 40.2 Å². The van der Waals surface area contributed by atoms with E-state index in [1.807, 2.05) is 19.3 Å². The van der Waals surface area contributed by atoms with Gasteiger partial charge in [-0.3, -0.25) is 4.98 Å². The quantitative estimate of drug-likeness (QED) is 0.912. The maximum atomic E-state index is 4.52. The average molecular weight is 268 g/mol. The van der Waals surface area contributed by atoms with Gasteiger partial charge in [-0.25, -0.2) is 0 Å². The number of benzene rings is 1. The van der Waals surface area contributed by atoms with E-state index in [9.17, 15) is 0 Å². The Morgan fingerprint density at radius 1 is 1.00 bits per heavy atom. The summed E-state index contributed by atoms with van der Waals surface area (Å²) in [6.07, 6.45) is 2.87. The molecule has 106 valence electrons. The van der Waals surface area contributed by atoms with Crippen molar-refractivity contribution in [3.8, 4) is 0 Å². The fourth-order valence-electron chi connectivity index (χ4n) is 2.84. The first-order valence-corrected chi connectivity index (χ1v) is 7.18. The third-order valence-electron chi connectivity index (χ3n) is 3.89. The monoisotopic (exact) mass is 268 g/mol. The molecule has 0 aliphatic rings. The summed E-state index contributed by atoms with van der Waals surface area (Å²) < 4.78 is 0. The predicted octanol–water partition coefficient (Wildman–Crippen LogP) is 3.82. The number of likely N-dealkylation sites (N-methyl/N-ethyl adjacent to an activating group) is 1. The highest BCUT2D eigenvalue weighted by Crippen LogP contribution is 2.23. The zero-order chi connectivity index (χ0) is 14.7. The van der Waals surface area contributed by atoms with Crippen molar-refractivity contribution in [3.05, 3.63) is 64.0 Å². The van der Waals surface area contributed by atoms with Crippen LogP contribution in [0.1, 0.15) is 39.6 Å². The molecule has 2 heteroatoms. The second-order valence-electron chi connectivity index (χ2n) is 5.68. The summed E-state index contributed by atoms with van der Waals surface area (Å²) in [5, 5.41) is 3.40. The first-order chi connectivity index (χ1) is 9.51. The van der Waals surface area contributed by atoms with Crippen molar-refractivity contribution in [1.82, 2.24) is 10.3 Å². The van der Waals surface area contributed by atoms with E-state index in [0.29, 0.717) is 0 Å². The molecule has 1 N–H and O–H groups in total. The lowest BCUT2D eigenvalue weighted by Crippen LogP contribution is -2.21. The minimum atomic E-state index is 0.259. The number of aryl methyl sites for hydroxylation is 4.